The van der Waals surface area contributed by atoms with Crippen LogP contribution in [0.25, 0.3) is 0 Å². The van der Waals surface area contributed by atoms with Gasteiger partial charge in [0.05, 0.1) is 0 Å². The van der Waals surface area contributed by atoms with Gasteiger partial charge in [0.1, 0.15) is 0 Å². The summed E-state index contributed by atoms with van der Waals surface area (Å²) in [5, 5.41) is -0.633. The lowest BCUT2D eigenvalue weighted by atomic mass is 9.99. The smallest absolute Gasteiger partial charge is 0.253 e. The molecule has 0 aliphatic heterocycles. The van der Waals surface area contributed by atoms with Gasteiger partial charge >= 0.3 is 0 Å². The number of rotatable bonds is 3. The largest absolute Gasteiger partial charge is 0.289 e. The predicted octanol–water partition coefficient (Wildman–Crippen LogP) is 5.15. The van der Waals surface area contributed by atoms with Gasteiger partial charge in [0, 0.05) is 26.7 Å². The van der Waals surface area contributed by atoms with E-state index in [9.17, 15) is 9.59 Å². The molecule has 0 bridgehead atoms. The number of nitrogens with one attached hydrogen (secondary N) is 1. The van der Waals surface area contributed by atoms with E-state index in [-0.39, 0.29) is 41.7 Å². The van der Waals surface area contributed by atoms with E-state index in [0.717, 1.165) is 0 Å². The number of halogens is 4. The van der Waals surface area contributed by atoms with Crippen LogP contribution in [0.5, 0.6) is 0 Å². The minimum Gasteiger partial charge on any atom is -0.289 e. The SMILES string of the molecule is CC(C)(C)NN.Cl.Cl.O=C(Cl)c1ccccc1C(=O)c1ccccc1Br. The van der Waals surface area contributed by atoms with E-state index in [0.29, 0.717) is 15.6 Å². The fourth-order valence-corrected chi connectivity index (χ4v) is 2.27. The van der Waals surface area contributed by atoms with Crippen LogP contribution in [-0.4, -0.2) is 16.6 Å². The van der Waals surface area contributed by atoms with Crippen LogP contribution in [-0.2, 0) is 0 Å². The molecule has 0 fully saturated rings. The van der Waals surface area contributed by atoms with Gasteiger partial charge in [-0.1, -0.05) is 46.3 Å². The van der Waals surface area contributed by atoms with Crippen LogP contribution < -0.4 is 11.3 Å². The van der Waals surface area contributed by atoms with E-state index in [4.69, 9.17) is 17.4 Å². The number of benzene rings is 2. The Labute approximate surface area is 179 Å². The van der Waals surface area contributed by atoms with Crippen LogP contribution in [0, 0.1) is 0 Å². The molecule has 0 heterocycles. The van der Waals surface area contributed by atoms with Gasteiger partial charge in [0.2, 0.25) is 0 Å². The zero-order chi connectivity index (χ0) is 18.3. The summed E-state index contributed by atoms with van der Waals surface area (Å²) in [4.78, 5) is 23.6. The average molecular weight is 485 g/mol. The fraction of sp³-hybridized carbons (Fsp3) is 0.222. The molecule has 0 radical (unpaired) electrons. The summed E-state index contributed by atoms with van der Waals surface area (Å²) < 4.78 is 0.687. The summed E-state index contributed by atoms with van der Waals surface area (Å²) in [5.74, 6) is 4.83. The Bertz CT molecular complexity index is 734. The maximum absolute atomic E-state index is 12.4. The van der Waals surface area contributed by atoms with E-state index in [2.05, 4.69) is 21.4 Å². The third-order valence-electron chi connectivity index (χ3n) is 2.93. The monoisotopic (exact) mass is 482 g/mol. The van der Waals surface area contributed by atoms with Gasteiger partial charge in [0.25, 0.3) is 5.24 Å². The van der Waals surface area contributed by atoms with Crippen molar-refractivity contribution in [1.29, 1.82) is 0 Å². The summed E-state index contributed by atoms with van der Waals surface area (Å²) in [6, 6.07) is 13.6. The molecule has 0 spiro atoms. The Morgan fingerprint density at radius 1 is 0.923 bits per heavy atom. The van der Waals surface area contributed by atoms with Crippen molar-refractivity contribution in [3.8, 4) is 0 Å². The van der Waals surface area contributed by atoms with Crippen molar-refractivity contribution >= 4 is 63.4 Å². The minimum absolute atomic E-state index is 0. The van der Waals surface area contributed by atoms with E-state index in [1.165, 1.54) is 0 Å². The number of nitrogens with two attached hydrogens (primary N) is 1. The lowest BCUT2D eigenvalue weighted by Gasteiger charge is -2.14. The van der Waals surface area contributed by atoms with Crippen molar-refractivity contribution in [2.45, 2.75) is 26.3 Å². The predicted molar refractivity (Wildman–Crippen MR) is 116 cm³/mol. The fourth-order valence-electron chi connectivity index (χ4n) is 1.64. The van der Waals surface area contributed by atoms with Crippen LogP contribution in [0.3, 0.4) is 0 Å². The first kappa shape index (κ1) is 27.3. The molecule has 0 aliphatic rings. The Kier molecular flexibility index (Phi) is 13.0. The van der Waals surface area contributed by atoms with Crippen molar-refractivity contribution in [3.63, 3.8) is 0 Å². The summed E-state index contributed by atoms with van der Waals surface area (Å²) >= 11 is 8.79. The maximum Gasteiger partial charge on any atom is 0.253 e. The van der Waals surface area contributed by atoms with Crippen LogP contribution >= 0.6 is 52.3 Å². The number of carbonyl (C=O) groups excluding carboxylic acids is 2. The molecule has 0 unspecified atom stereocenters. The normalized spacial score (nSPS) is 9.77. The van der Waals surface area contributed by atoms with E-state index in [1.54, 1.807) is 42.5 Å². The maximum atomic E-state index is 12.4. The Morgan fingerprint density at radius 3 is 1.69 bits per heavy atom. The molecule has 0 saturated heterocycles. The number of ketones is 1. The molecule has 2 aromatic carbocycles. The highest BCUT2D eigenvalue weighted by molar-refractivity contribution is 9.10. The van der Waals surface area contributed by atoms with Gasteiger partial charge < -0.3 is 0 Å². The van der Waals surface area contributed by atoms with Gasteiger partial charge in [-0.15, -0.1) is 24.8 Å². The van der Waals surface area contributed by atoms with Crippen molar-refractivity contribution in [3.05, 3.63) is 69.7 Å². The van der Waals surface area contributed by atoms with Crippen molar-refractivity contribution < 1.29 is 9.59 Å². The van der Waals surface area contributed by atoms with Crippen LogP contribution in [0.15, 0.2) is 53.0 Å². The molecule has 0 saturated carbocycles. The first-order valence-electron chi connectivity index (χ1n) is 7.23. The highest BCUT2D eigenvalue weighted by atomic mass is 79.9. The van der Waals surface area contributed by atoms with Crippen molar-refractivity contribution in [2.75, 3.05) is 0 Å². The Balaban J connectivity index is 0. The van der Waals surface area contributed by atoms with Crippen LogP contribution in [0.4, 0.5) is 0 Å². The Hall–Kier alpha value is -0.950. The van der Waals surface area contributed by atoms with Crippen molar-refractivity contribution in [2.24, 2.45) is 5.84 Å². The third kappa shape index (κ3) is 8.62. The van der Waals surface area contributed by atoms with Gasteiger partial charge in [-0.05, 0) is 50.6 Å². The van der Waals surface area contributed by atoms with E-state index >= 15 is 0 Å². The number of hydrazine groups is 1. The second-order valence-corrected chi connectivity index (χ2v) is 7.22. The molecule has 2 rings (SSSR count). The summed E-state index contributed by atoms with van der Waals surface area (Å²) in [6.45, 7) is 6.02. The molecule has 4 nitrogen and oxygen atoms in total. The molecule has 3 N–H and O–H groups in total. The zero-order valence-corrected chi connectivity index (χ0v) is 18.6. The Morgan fingerprint density at radius 2 is 1.31 bits per heavy atom. The molecule has 0 atom stereocenters. The molecule has 0 amide bonds. The summed E-state index contributed by atoms with van der Waals surface area (Å²) in [6.07, 6.45) is 0. The molecule has 2 aromatic rings. The third-order valence-corrected chi connectivity index (χ3v) is 3.83. The molecular formula is C18H22BrCl3N2O2. The molecule has 8 heteroatoms. The molecule has 144 valence electrons. The summed E-state index contributed by atoms with van der Waals surface area (Å²) in [5.41, 5.74) is 3.71. The molecule has 0 aliphatic carbocycles. The van der Waals surface area contributed by atoms with Gasteiger partial charge in [-0.3, -0.25) is 20.9 Å². The minimum atomic E-state index is -0.633. The second-order valence-electron chi connectivity index (χ2n) is 6.02. The number of hydrogen-bond acceptors (Lipinski definition) is 4. The average Bonchev–Trinajstić information content (AvgIpc) is 2.54. The lowest BCUT2D eigenvalue weighted by Crippen LogP contribution is -2.41. The lowest BCUT2D eigenvalue weighted by molar-refractivity contribution is 0.102. The first-order valence-corrected chi connectivity index (χ1v) is 8.40. The van der Waals surface area contributed by atoms with E-state index < -0.39 is 5.24 Å². The summed E-state index contributed by atoms with van der Waals surface area (Å²) in [7, 11) is 0. The molecular weight excluding hydrogens is 462 g/mol. The molecule has 0 aromatic heterocycles. The quantitative estimate of drug-likeness (QED) is 0.274. The van der Waals surface area contributed by atoms with E-state index in [1.807, 2.05) is 26.8 Å². The van der Waals surface area contributed by atoms with Crippen LogP contribution in [0.2, 0.25) is 0 Å². The van der Waals surface area contributed by atoms with Gasteiger partial charge in [0.15, 0.2) is 5.78 Å². The number of hydrogen-bond donors (Lipinski definition) is 2. The van der Waals surface area contributed by atoms with Crippen LogP contribution in [0.1, 0.15) is 47.1 Å². The van der Waals surface area contributed by atoms with Gasteiger partial charge in [-0.25, -0.2) is 0 Å². The molecule has 26 heavy (non-hydrogen) atoms. The van der Waals surface area contributed by atoms with Crippen molar-refractivity contribution in [1.82, 2.24) is 5.43 Å². The zero-order valence-electron chi connectivity index (χ0n) is 14.6. The highest BCUT2D eigenvalue weighted by Gasteiger charge is 2.18. The first-order chi connectivity index (χ1) is 11.2. The number of carbonyl (C=O) groups is 2. The second kappa shape index (κ2) is 12.4. The topological polar surface area (TPSA) is 72.2 Å². The highest BCUT2D eigenvalue weighted by Crippen LogP contribution is 2.22. The van der Waals surface area contributed by atoms with Gasteiger partial charge in [-0.2, -0.15) is 0 Å². The standard InChI is InChI=1S/C14H8BrClO2.C4H12N2.2ClH/c15-12-8-4-3-7-11(12)13(17)9-5-1-2-6-10(9)14(16)18;1-4(2,3)6-5;;/h1-8H;6H,5H2,1-3H3;2*1H.